The lowest BCUT2D eigenvalue weighted by Crippen LogP contribution is -2.38. The van der Waals surface area contributed by atoms with Crippen molar-refractivity contribution < 1.29 is 9.59 Å². The van der Waals surface area contributed by atoms with Crippen LogP contribution < -0.4 is 5.73 Å². The summed E-state index contributed by atoms with van der Waals surface area (Å²) < 4.78 is 0. The molecule has 1 aromatic carbocycles. The van der Waals surface area contributed by atoms with Crippen molar-refractivity contribution in [2.45, 2.75) is 45.7 Å². The fourth-order valence-corrected chi connectivity index (χ4v) is 3.28. The third kappa shape index (κ3) is 5.45. The van der Waals surface area contributed by atoms with E-state index in [2.05, 4.69) is 13.8 Å². The number of carbonyl (C=O) groups is 2. The summed E-state index contributed by atoms with van der Waals surface area (Å²) in [7, 11) is 1.81. The Bertz CT molecular complexity index is 594. The predicted molar refractivity (Wildman–Crippen MR) is 107 cm³/mol. The molecule has 0 bridgehead atoms. The molecule has 146 valence electrons. The smallest absolute Gasteiger partial charge is 0.227 e. The van der Waals surface area contributed by atoms with Gasteiger partial charge in [-0.2, -0.15) is 0 Å². The van der Waals surface area contributed by atoms with E-state index in [0.717, 1.165) is 12.0 Å². The molecule has 0 saturated carbocycles. The van der Waals surface area contributed by atoms with E-state index >= 15 is 0 Å². The molecule has 2 rings (SSSR count). The number of amides is 2. The number of likely N-dealkylation sites (tertiary alicyclic amines) is 1. The molecule has 1 aliphatic heterocycles. The minimum absolute atomic E-state index is 0. The van der Waals surface area contributed by atoms with Crippen molar-refractivity contribution in [2.24, 2.45) is 17.6 Å². The van der Waals surface area contributed by atoms with Crippen molar-refractivity contribution >= 4 is 24.2 Å². The highest BCUT2D eigenvalue weighted by Crippen LogP contribution is 2.29. The number of nitrogens with two attached hydrogens (primary N) is 1. The zero-order valence-electron chi connectivity index (χ0n) is 16.2. The molecule has 5 nitrogen and oxygen atoms in total. The van der Waals surface area contributed by atoms with Crippen LogP contribution in [0.15, 0.2) is 30.3 Å². The van der Waals surface area contributed by atoms with Gasteiger partial charge in [0.05, 0.1) is 12.0 Å². The first-order chi connectivity index (χ1) is 11.8. The average Bonchev–Trinajstić information content (AvgIpc) is 3.00. The summed E-state index contributed by atoms with van der Waals surface area (Å²) in [6.07, 6.45) is 1.08. The fourth-order valence-electron chi connectivity index (χ4n) is 3.28. The number of nitrogens with zero attached hydrogens (tertiary/aromatic N) is 2. The fraction of sp³-hybridized carbons (Fsp3) is 0.600. The van der Waals surface area contributed by atoms with Crippen molar-refractivity contribution in [1.82, 2.24) is 9.80 Å². The van der Waals surface area contributed by atoms with Gasteiger partial charge in [0.1, 0.15) is 0 Å². The van der Waals surface area contributed by atoms with E-state index in [1.165, 1.54) is 0 Å². The maximum Gasteiger partial charge on any atom is 0.227 e. The summed E-state index contributed by atoms with van der Waals surface area (Å²) in [6.45, 7) is 7.33. The Labute approximate surface area is 163 Å². The topological polar surface area (TPSA) is 66.6 Å². The first-order valence-electron chi connectivity index (χ1n) is 9.16. The predicted octanol–water partition coefficient (Wildman–Crippen LogP) is 2.85. The summed E-state index contributed by atoms with van der Waals surface area (Å²) in [5.41, 5.74) is 7.16. The molecule has 3 atom stereocenters. The molecule has 0 spiro atoms. The maximum absolute atomic E-state index is 12.7. The molecular formula is C20H32ClN3O2. The highest BCUT2D eigenvalue weighted by Gasteiger charge is 2.38. The average molecular weight is 382 g/mol. The van der Waals surface area contributed by atoms with Gasteiger partial charge in [0, 0.05) is 32.6 Å². The monoisotopic (exact) mass is 381 g/mol. The van der Waals surface area contributed by atoms with Gasteiger partial charge >= 0.3 is 0 Å². The van der Waals surface area contributed by atoms with Gasteiger partial charge in [0.2, 0.25) is 11.8 Å². The summed E-state index contributed by atoms with van der Waals surface area (Å²) in [6, 6.07) is 10.0. The molecule has 2 N–H and O–H groups in total. The number of hydrogen-bond donors (Lipinski definition) is 1. The maximum atomic E-state index is 12.7. The van der Waals surface area contributed by atoms with Crippen LogP contribution in [0.2, 0.25) is 0 Å². The van der Waals surface area contributed by atoms with Crippen LogP contribution in [0.4, 0.5) is 0 Å². The second kappa shape index (κ2) is 9.93. The van der Waals surface area contributed by atoms with Crippen LogP contribution in [0.1, 0.15) is 45.2 Å². The molecule has 1 heterocycles. The van der Waals surface area contributed by atoms with Crippen molar-refractivity contribution in [1.29, 1.82) is 0 Å². The molecule has 0 radical (unpaired) electrons. The Morgan fingerprint density at radius 2 is 1.88 bits per heavy atom. The van der Waals surface area contributed by atoms with Crippen molar-refractivity contribution in [2.75, 3.05) is 20.1 Å². The van der Waals surface area contributed by atoms with Gasteiger partial charge in [-0.05, 0) is 24.8 Å². The molecule has 2 amide bonds. The summed E-state index contributed by atoms with van der Waals surface area (Å²) >= 11 is 0. The standard InChI is InChI=1S/C20H31N3O2.ClH/c1-14(2)18(21)10-11-22(4)20(25)17-12-19(24)23(13-17)15(3)16-8-6-5-7-9-16;/h5-9,14-15,17-18H,10-13,21H2,1-4H3;1H. The second-order valence-corrected chi connectivity index (χ2v) is 7.49. The lowest BCUT2D eigenvalue weighted by molar-refractivity contribution is -0.134. The number of carbonyl (C=O) groups excluding carboxylic acids is 2. The van der Waals surface area contributed by atoms with Crippen LogP contribution in [0, 0.1) is 11.8 Å². The van der Waals surface area contributed by atoms with Gasteiger partial charge in [-0.3, -0.25) is 9.59 Å². The van der Waals surface area contributed by atoms with Crippen LogP contribution in [0.25, 0.3) is 0 Å². The molecule has 0 aromatic heterocycles. The Morgan fingerprint density at radius 1 is 1.27 bits per heavy atom. The van der Waals surface area contributed by atoms with Crippen molar-refractivity contribution in [3.63, 3.8) is 0 Å². The van der Waals surface area contributed by atoms with E-state index in [1.807, 2.05) is 49.2 Å². The number of benzene rings is 1. The van der Waals surface area contributed by atoms with E-state index < -0.39 is 0 Å². The number of halogens is 1. The Balaban J connectivity index is 0.00000338. The van der Waals surface area contributed by atoms with Crippen LogP contribution in [0.3, 0.4) is 0 Å². The third-order valence-corrected chi connectivity index (χ3v) is 5.29. The lowest BCUT2D eigenvalue weighted by atomic mass is 10.0. The highest BCUT2D eigenvalue weighted by atomic mass is 35.5. The van der Waals surface area contributed by atoms with Crippen LogP contribution >= 0.6 is 12.4 Å². The molecule has 26 heavy (non-hydrogen) atoms. The molecule has 1 saturated heterocycles. The lowest BCUT2D eigenvalue weighted by Gasteiger charge is -2.26. The molecule has 1 fully saturated rings. The Hall–Kier alpha value is -1.59. The van der Waals surface area contributed by atoms with Gasteiger partial charge < -0.3 is 15.5 Å². The highest BCUT2D eigenvalue weighted by molar-refractivity contribution is 5.89. The first-order valence-corrected chi connectivity index (χ1v) is 9.16. The second-order valence-electron chi connectivity index (χ2n) is 7.49. The van der Waals surface area contributed by atoms with E-state index in [9.17, 15) is 9.59 Å². The summed E-state index contributed by atoms with van der Waals surface area (Å²) in [5, 5.41) is 0. The van der Waals surface area contributed by atoms with E-state index in [1.54, 1.807) is 4.90 Å². The number of hydrogen-bond acceptors (Lipinski definition) is 3. The van der Waals surface area contributed by atoms with Gasteiger partial charge in [0.15, 0.2) is 0 Å². The Morgan fingerprint density at radius 3 is 2.46 bits per heavy atom. The normalized spacial score (nSPS) is 19.2. The van der Waals surface area contributed by atoms with Crippen molar-refractivity contribution in [3.05, 3.63) is 35.9 Å². The van der Waals surface area contributed by atoms with E-state index in [4.69, 9.17) is 5.73 Å². The largest absolute Gasteiger partial charge is 0.345 e. The van der Waals surface area contributed by atoms with Crippen LogP contribution in [0.5, 0.6) is 0 Å². The van der Waals surface area contributed by atoms with E-state index in [-0.39, 0.29) is 42.2 Å². The zero-order chi connectivity index (χ0) is 18.6. The third-order valence-electron chi connectivity index (χ3n) is 5.29. The first kappa shape index (κ1) is 22.5. The molecule has 3 unspecified atom stereocenters. The minimum Gasteiger partial charge on any atom is -0.345 e. The quantitative estimate of drug-likeness (QED) is 0.789. The summed E-state index contributed by atoms with van der Waals surface area (Å²) in [4.78, 5) is 28.7. The SMILES string of the molecule is CC(C)C(N)CCN(C)C(=O)C1CC(=O)N(C(C)c2ccccc2)C1.Cl. The molecule has 0 aliphatic carbocycles. The van der Waals surface area contributed by atoms with Gasteiger partial charge in [-0.1, -0.05) is 44.2 Å². The minimum atomic E-state index is -0.251. The van der Waals surface area contributed by atoms with Gasteiger partial charge in [0.25, 0.3) is 0 Å². The number of rotatable bonds is 7. The van der Waals surface area contributed by atoms with Gasteiger partial charge in [-0.25, -0.2) is 0 Å². The zero-order valence-corrected chi connectivity index (χ0v) is 17.0. The Kier molecular flexibility index (Phi) is 8.57. The molecule has 1 aliphatic rings. The van der Waals surface area contributed by atoms with Crippen LogP contribution in [-0.4, -0.2) is 47.8 Å². The van der Waals surface area contributed by atoms with Gasteiger partial charge in [-0.15, -0.1) is 12.4 Å². The molecular weight excluding hydrogens is 350 g/mol. The summed E-state index contributed by atoms with van der Waals surface area (Å²) in [5.74, 6) is 0.256. The van der Waals surface area contributed by atoms with E-state index in [0.29, 0.717) is 25.4 Å². The van der Waals surface area contributed by atoms with Crippen LogP contribution in [-0.2, 0) is 9.59 Å². The molecule has 1 aromatic rings. The van der Waals surface area contributed by atoms with Crippen molar-refractivity contribution in [3.8, 4) is 0 Å². The molecule has 6 heteroatoms.